The second-order valence-electron chi connectivity index (χ2n) is 9.87. The first-order valence-corrected chi connectivity index (χ1v) is 13.4. The topological polar surface area (TPSA) is 49.4 Å². The van der Waals surface area contributed by atoms with Crippen LogP contribution in [0.25, 0.3) is 0 Å². The molecule has 4 heteroatoms. The molecule has 0 spiro atoms. The van der Waals surface area contributed by atoms with Crippen molar-refractivity contribution >= 4 is 11.8 Å². The minimum Gasteiger partial charge on any atom is -0.352 e. The second kappa shape index (κ2) is 13.1. The van der Waals surface area contributed by atoms with Gasteiger partial charge in [-0.05, 0) is 47.9 Å². The Balaban J connectivity index is 1.57. The van der Waals surface area contributed by atoms with Gasteiger partial charge in [-0.2, -0.15) is 0 Å². The van der Waals surface area contributed by atoms with Crippen molar-refractivity contribution in [2.75, 3.05) is 0 Å². The van der Waals surface area contributed by atoms with E-state index in [9.17, 15) is 9.59 Å². The summed E-state index contributed by atoms with van der Waals surface area (Å²) >= 11 is 0. The zero-order chi connectivity index (χ0) is 25.2. The van der Waals surface area contributed by atoms with Gasteiger partial charge in [0, 0.05) is 25.4 Å². The molecular formula is C32H38N2O2. The van der Waals surface area contributed by atoms with Crippen LogP contribution >= 0.6 is 0 Å². The first kappa shape index (κ1) is 25.7. The second-order valence-corrected chi connectivity index (χ2v) is 9.87. The van der Waals surface area contributed by atoms with Crippen LogP contribution in [-0.2, 0) is 35.4 Å². The predicted molar refractivity (Wildman–Crippen MR) is 145 cm³/mol. The molecule has 4 rings (SSSR count). The monoisotopic (exact) mass is 482 g/mol. The zero-order valence-electron chi connectivity index (χ0n) is 21.4. The summed E-state index contributed by atoms with van der Waals surface area (Å²) in [5.74, 6) is -0.0248. The third kappa shape index (κ3) is 7.30. The first-order valence-electron chi connectivity index (χ1n) is 13.4. The molecule has 36 heavy (non-hydrogen) atoms. The number of hydrogen-bond acceptors (Lipinski definition) is 2. The molecule has 0 aliphatic heterocycles. The number of hydrogen-bond donors (Lipinski definition) is 1. The minimum absolute atomic E-state index is 0.0147. The summed E-state index contributed by atoms with van der Waals surface area (Å²) < 4.78 is 0. The van der Waals surface area contributed by atoms with Gasteiger partial charge < -0.3 is 10.2 Å². The summed E-state index contributed by atoms with van der Waals surface area (Å²) in [6, 6.07) is 28.2. The molecule has 4 nitrogen and oxygen atoms in total. The SMILES string of the molecule is CCc1ccc(CCC(=O)N(Cc2ccccc2)[C@H](Cc2ccccc2)C(=O)NC2CCCC2)cc1. The zero-order valence-corrected chi connectivity index (χ0v) is 21.4. The van der Waals surface area contributed by atoms with Gasteiger partial charge >= 0.3 is 0 Å². The molecule has 0 radical (unpaired) electrons. The van der Waals surface area contributed by atoms with E-state index in [0.717, 1.165) is 48.8 Å². The lowest BCUT2D eigenvalue weighted by atomic mass is 10.0. The highest BCUT2D eigenvalue weighted by molar-refractivity contribution is 5.88. The fourth-order valence-corrected chi connectivity index (χ4v) is 5.04. The van der Waals surface area contributed by atoms with Crippen molar-refractivity contribution in [2.45, 2.75) is 76.9 Å². The maximum absolute atomic E-state index is 13.8. The van der Waals surface area contributed by atoms with E-state index >= 15 is 0 Å². The highest BCUT2D eigenvalue weighted by Gasteiger charge is 2.31. The summed E-state index contributed by atoms with van der Waals surface area (Å²) in [5, 5.41) is 3.27. The third-order valence-corrected chi connectivity index (χ3v) is 7.23. The lowest BCUT2D eigenvalue weighted by Gasteiger charge is -2.32. The molecule has 3 aromatic carbocycles. The molecule has 0 saturated heterocycles. The van der Waals surface area contributed by atoms with Gasteiger partial charge in [-0.1, -0.05) is 105 Å². The standard InChI is InChI=1S/C32H38N2O2/c1-2-25-17-19-26(20-18-25)21-22-31(35)34(24-28-13-7-4-8-14-28)30(23-27-11-5-3-6-12-27)32(36)33-29-15-9-10-16-29/h3-8,11-14,17-20,29-30H,2,9-10,15-16,21-24H2,1H3,(H,33,36)/t30-/m1/s1. The highest BCUT2D eigenvalue weighted by atomic mass is 16.2. The smallest absolute Gasteiger partial charge is 0.243 e. The van der Waals surface area contributed by atoms with Crippen molar-refractivity contribution in [3.05, 3.63) is 107 Å². The molecule has 1 aliphatic carbocycles. The third-order valence-electron chi connectivity index (χ3n) is 7.23. The molecule has 188 valence electrons. The Morgan fingerprint density at radius 1 is 0.806 bits per heavy atom. The van der Waals surface area contributed by atoms with E-state index in [2.05, 4.69) is 36.5 Å². The molecule has 0 bridgehead atoms. The van der Waals surface area contributed by atoms with Gasteiger partial charge in [-0.3, -0.25) is 9.59 Å². The number of carbonyl (C=O) groups is 2. The molecule has 1 fully saturated rings. The normalized spacial score (nSPS) is 14.4. The van der Waals surface area contributed by atoms with E-state index in [1.54, 1.807) is 0 Å². The highest BCUT2D eigenvalue weighted by Crippen LogP contribution is 2.21. The van der Waals surface area contributed by atoms with E-state index in [0.29, 0.717) is 25.8 Å². The summed E-state index contributed by atoms with van der Waals surface area (Å²) in [6.45, 7) is 2.56. The van der Waals surface area contributed by atoms with Crippen molar-refractivity contribution in [1.82, 2.24) is 10.2 Å². The van der Waals surface area contributed by atoms with Crippen molar-refractivity contribution < 1.29 is 9.59 Å². The number of aryl methyl sites for hydroxylation is 2. The van der Waals surface area contributed by atoms with E-state index in [1.165, 1.54) is 5.56 Å². The van der Waals surface area contributed by atoms with Gasteiger partial charge in [0.25, 0.3) is 0 Å². The molecule has 0 aromatic heterocycles. The lowest BCUT2D eigenvalue weighted by Crippen LogP contribution is -2.52. The van der Waals surface area contributed by atoms with Crippen LogP contribution in [0, 0.1) is 0 Å². The number of rotatable bonds is 11. The van der Waals surface area contributed by atoms with Crippen molar-refractivity contribution in [2.24, 2.45) is 0 Å². The number of nitrogens with zero attached hydrogens (tertiary/aromatic N) is 1. The average molecular weight is 483 g/mol. The molecule has 1 N–H and O–H groups in total. The van der Waals surface area contributed by atoms with Gasteiger partial charge in [-0.25, -0.2) is 0 Å². The van der Waals surface area contributed by atoms with Crippen molar-refractivity contribution in [1.29, 1.82) is 0 Å². The molecule has 1 aliphatic rings. The van der Waals surface area contributed by atoms with E-state index < -0.39 is 6.04 Å². The summed E-state index contributed by atoms with van der Waals surface area (Å²) in [5.41, 5.74) is 4.53. The van der Waals surface area contributed by atoms with E-state index in [-0.39, 0.29) is 17.9 Å². The van der Waals surface area contributed by atoms with Crippen LogP contribution in [0.3, 0.4) is 0 Å². The van der Waals surface area contributed by atoms with Gasteiger partial charge in [0.2, 0.25) is 11.8 Å². The van der Waals surface area contributed by atoms with Gasteiger partial charge in [0.1, 0.15) is 6.04 Å². The van der Waals surface area contributed by atoms with Crippen LogP contribution in [0.5, 0.6) is 0 Å². The lowest BCUT2D eigenvalue weighted by molar-refractivity contribution is -0.141. The maximum Gasteiger partial charge on any atom is 0.243 e. The number of carbonyl (C=O) groups excluding carboxylic acids is 2. The summed E-state index contributed by atoms with van der Waals surface area (Å²) in [4.78, 5) is 29.3. The van der Waals surface area contributed by atoms with Crippen molar-refractivity contribution in [3.63, 3.8) is 0 Å². The van der Waals surface area contributed by atoms with Crippen LogP contribution < -0.4 is 5.32 Å². The Morgan fingerprint density at radius 2 is 1.39 bits per heavy atom. The van der Waals surface area contributed by atoms with E-state index in [1.807, 2.05) is 65.6 Å². The first-order chi connectivity index (χ1) is 17.6. The Morgan fingerprint density at radius 3 is 2.00 bits per heavy atom. The quantitative estimate of drug-likeness (QED) is 0.371. The fraction of sp³-hybridized carbons (Fsp3) is 0.375. The Kier molecular flexibility index (Phi) is 9.32. The summed E-state index contributed by atoms with van der Waals surface area (Å²) in [6.07, 6.45) is 6.88. The van der Waals surface area contributed by atoms with Crippen LogP contribution in [0.15, 0.2) is 84.9 Å². The maximum atomic E-state index is 13.8. The van der Waals surface area contributed by atoms with E-state index in [4.69, 9.17) is 0 Å². The molecular weight excluding hydrogens is 444 g/mol. The van der Waals surface area contributed by atoms with Gasteiger partial charge in [-0.15, -0.1) is 0 Å². The van der Waals surface area contributed by atoms with Crippen molar-refractivity contribution in [3.8, 4) is 0 Å². The molecule has 0 heterocycles. The van der Waals surface area contributed by atoms with Crippen LogP contribution in [0.1, 0.15) is 61.3 Å². The molecule has 0 unspecified atom stereocenters. The largest absolute Gasteiger partial charge is 0.352 e. The number of amides is 2. The van der Waals surface area contributed by atoms with Crippen LogP contribution in [0.4, 0.5) is 0 Å². The summed E-state index contributed by atoms with van der Waals surface area (Å²) in [7, 11) is 0. The molecule has 1 saturated carbocycles. The number of nitrogens with one attached hydrogen (secondary N) is 1. The Hall–Kier alpha value is -3.40. The molecule has 1 atom stereocenters. The van der Waals surface area contributed by atoms with Crippen LogP contribution in [0.2, 0.25) is 0 Å². The van der Waals surface area contributed by atoms with Gasteiger partial charge in [0.05, 0.1) is 0 Å². The Labute approximate surface area is 215 Å². The van der Waals surface area contributed by atoms with Gasteiger partial charge in [0.15, 0.2) is 0 Å². The Bertz CT molecular complexity index is 1090. The average Bonchev–Trinajstić information content (AvgIpc) is 3.43. The fourth-order valence-electron chi connectivity index (χ4n) is 5.04. The molecule has 2 amide bonds. The predicted octanol–water partition coefficient (Wildman–Crippen LogP) is 5.88. The number of benzene rings is 3. The minimum atomic E-state index is -0.553. The molecule has 3 aromatic rings. The van der Waals surface area contributed by atoms with Crippen LogP contribution in [-0.4, -0.2) is 28.8 Å².